The van der Waals surface area contributed by atoms with Crippen molar-refractivity contribution >= 4 is 34.7 Å². The van der Waals surface area contributed by atoms with Gasteiger partial charge in [-0.25, -0.2) is 4.98 Å². The highest BCUT2D eigenvalue weighted by atomic mass is 35.5. The van der Waals surface area contributed by atoms with E-state index in [0.29, 0.717) is 5.95 Å². The molecule has 0 amide bonds. The van der Waals surface area contributed by atoms with Crippen molar-refractivity contribution in [2.45, 2.75) is 6.18 Å². The summed E-state index contributed by atoms with van der Waals surface area (Å²) in [5.41, 5.74) is -0.136. The van der Waals surface area contributed by atoms with Gasteiger partial charge in [0.1, 0.15) is 5.82 Å². The van der Waals surface area contributed by atoms with Gasteiger partial charge in [0.25, 0.3) is 0 Å². The van der Waals surface area contributed by atoms with Gasteiger partial charge in [-0.3, -0.25) is 0 Å². The summed E-state index contributed by atoms with van der Waals surface area (Å²) in [7, 11) is 1.78. The van der Waals surface area contributed by atoms with Gasteiger partial charge in [0.15, 0.2) is 0 Å². The highest BCUT2D eigenvalue weighted by Gasteiger charge is 2.34. The molecule has 4 nitrogen and oxygen atoms in total. The molecule has 0 spiro atoms. The highest BCUT2D eigenvalue weighted by Crippen LogP contribution is 2.37. The van der Waals surface area contributed by atoms with E-state index in [1.165, 1.54) is 24.4 Å². The number of aromatic nitrogens is 2. The average molecular weight is 379 g/mol. The lowest BCUT2D eigenvalue weighted by atomic mass is 10.1. The van der Waals surface area contributed by atoms with Crippen LogP contribution in [-0.4, -0.2) is 17.0 Å². The van der Waals surface area contributed by atoms with Crippen LogP contribution in [0.2, 0.25) is 5.02 Å². The Morgan fingerprint density at radius 2 is 1.77 bits per heavy atom. The van der Waals surface area contributed by atoms with E-state index in [-0.39, 0.29) is 16.5 Å². The van der Waals surface area contributed by atoms with Gasteiger partial charge in [-0.1, -0.05) is 29.8 Å². The molecule has 1 aromatic heterocycles. The minimum absolute atomic E-state index is 0.00932. The standard InChI is InChI=1S/C18H14ClF3N4/c1-26(13-5-3-2-4-6-13)17-23-10-9-16(25-17)24-15-8-7-12(19)11-14(15)18(20,21)22/h2-11H,1H3,(H,23,24,25). The minimum Gasteiger partial charge on any atom is -0.340 e. The molecule has 134 valence electrons. The van der Waals surface area contributed by atoms with Crippen molar-refractivity contribution in [3.8, 4) is 0 Å². The number of nitrogens with one attached hydrogen (secondary N) is 1. The maximum Gasteiger partial charge on any atom is 0.418 e. The van der Waals surface area contributed by atoms with Crippen molar-refractivity contribution in [2.24, 2.45) is 0 Å². The quantitative estimate of drug-likeness (QED) is 0.636. The first kappa shape index (κ1) is 18.0. The summed E-state index contributed by atoms with van der Waals surface area (Å²) in [6.45, 7) is 0. The molecule has 26 heavy (non-hydrogen) atoms. The third-order valence-electron chi connectivity index (χ3n) is 3.64. The Morgan fingerprint density at radius 3 is 2.46 bits per heavy atom. The largest absolute Gasteiger partial charge is 0.418 e. The van der Waals surface area contributed by atoms with Gasteiger partial charge in [0, 0.05) is 24.0 Å². The van der Waals surface area contributed by atoms with Crippen LogP contribution in [0.1, 0.15) is 5.56 Å². The van der Waals surface area contributed by atoms with Gasteiger partial charge >= 0.3 is 6.18 Å². The van der Waals surface area contributed by atoms with Crippen LogP contribution in [-0.2, 0) is 6.18 Å². The van der Waals surface area contributed by atoms with E-state index in [1.54, 1.807) is 11.9 Å². The van der Waals surface area contributed by atoms with Crippen LogP contribution in [0.4, 0.5) is 36.3 Å². The fourth-order valence-electron chi connectivity index (χ4n) is 2.34. The number of rotatable bonds is 4. The lowest BCUT2D eigenvalue weighted by molar-refractivity contribution is -0.136. The molecule has 0 aliphatic heterocycles. The molecule has 2 aromatic carbocycles. The Balaban J connectivity index is 1.91. The third-order valence-corrected chi connectivity index (χ3v) is 3.87. The van der Waals surface area contributed by atoms with E-state index in [1.807, 2.05) is 30.3 Å². The molecular weight excluding hydrogens is 365 g/mol. The second kappa shape index (κ2) is 7.21. The topological polar surface area (TPSA) is 41.1 Å². The molecule has 8 heteroatoms. The molecule has 1 N–H and O–H groups in total. The number of anilines is 4. The summed E-state index contributed by atoms with van der Waals surface area (Å²) < 4.78 is 39.7. The zero-order valence-electron chi connectivity index (χ0n) is 13.6. The molecule has 0 unspecified atom stereocenters. The first-order valence-electron chi connectivity index (χ1n) is 7.60. The number of halogens is 4. The van der Waals surface area contributed by atoms with Gasteiger partial charge in [0.2, 0.25) is 5.95 Å². The van der Waals surface area contributed by atoms with Crippen molar-refractivity contribution in [3.05, 3.63) is 71.4 Å². The molecule has 0 radical (unpaired) electrons. The zero-order valence-corrected chi connectivity index (χ0v) is 14.4. The summed E-state index contributed by atoms with van der Waals surface area (Å²) in [5.74, 6) is 0.592. The zero-order chi connectivity index (χ0) is 18.7. The Kier molecular flexibility index (Phi) is 4.99. The summed E-state index contributed by atoms with van der Waals surface area (Å²) in [5, 5.41) is 2.71. The Morgan fingerprint density at radius 1 is 1.04 bits per heavy atom. The molecule has 0 saturated heterocycles. The molecule has 1 heterocycles. The second-order valence-corrected chi connectivity index (χ2v) is 5.89. The predicted octanol–water partition coefficient (Wildman–Crippen LogP) is 5.66. The van der Waals surface area contributed by atoms with Crippen molar-refractivity contribution < 1.29 is 13.2 Å². The van der Waals surface area contributed by atoms with Crippen molar-refractivity contribution in [3.63, 3.8) is 0 Å². The van der Waals surface area contributed by atoms with Crippen molar-refractivity contribution in [2.75, 3.05) is 17.3 Å². The first-order valence-corrected chi connectivity index (χ1v) is 7.98. The fourth-order valence-corrected chi connectivity index (χ4v) is 2.52. The van der Waals surface area contributed by atoms with Gasteiger partial charge in [-0.05, 0) is 36.4 Å². The highest BCUT2D eigenvalue weighted by molar-refractivity contribution is 6.30. The second-order valence-electron chi connectivity index (χ2n) is 5.45. The van der Waals surface area contributed by atoms with Crippen LogP contribution in [0.3, 0.4) is 0 Å². The molecule has 3 aromatic rings. The van der Waals surface area contributed by atoms with E-state index in [9.17, 15) is 13.2 Å². The number of hydrogen-bond acceptors (Lipinski definition) is 4. The van der Waals surface area contributed by atoms with E-state index >= 15 is 0 Å². The van der Waals surface area contributed by atoms with E-state index < -0.39 is 11.7 Å². The molecule has 0 saturated carbocycles. The molecule has 0 aliphatic rings. The third kappa shape index (κ3) is 4.05. The Bertz CT molecular complexity index is 900. The first-order chi connectivity index (χ1) is 12.3. The maximum atomic E-state index is 13.2. The lowest BCUT2D eigenvalue weighted by Crippen LogP contribution is -2.14. The fraction of sp³-hybridized carbons (Fsp3) is 0.111. The Labute approximate surface area is 153 Å². The summed E-state index contributed by atoms with van der Waals surface area (Å²) in [4.78, 5) is 10.2. The molecule has 0 bridgehead atoms. The van der Waals surface area contributed by atoms with E-state index in [2.05, 4.69) is 15.3 Å². The Hall–Kier alpha value is -2.80. The SMILES string of the molecule is CN(c1ccccc1)c1nccc(Nc2ccc(Cl)cc2C(F)(F)F)n1. The van der Waals surface area contributed by atoms with E-state index in [4.69, 9.17) is 11.6 Å². The molecule has 0 aliphatic carbocycles. The van der Waals surface area contributed by atoms with Gasteiger partial charge < -0.3 is 10.2 Å². The monoisotopic (exact) mass is 378 g/mol. The molecule has 0 fully saturated rings. The number of benzene rings is 2. The van der Waals surface area contributed by atoms with Gasteiger partial charge in [-0.2, -0.15) is 18.2 Å². The summed E-state index contributed by atoms with van der Waals surface area (Å²) in [6.07, 6.45) is -3.06. The predicted molar refractivity (Wildman–Crippen MR) is 96.3 cm³/mol. The van der Waals surface area contributed by atoms with Crippen LogP contribution in [0, 0.1) is 0 Å². The van der Waals surface area contributed by atoms with Crippen molar-refractivity contribution in [1.29, 1.82) is 0 Å². The van der Waals surface area contributed by atoms with Crippen LogP contribution in [0.25, 0.3) is 0 Å². The summed E-state index contributed by atoms with van der Waals surface area (Å²) >= 11 is 5.70. The lowest BCUT2D eigenvalue weighted by Gasteiger charge is -2.18. The molecular formula is C18H14ClF3N4. The van der Waals surface area contributed by atoms with Crippen LogP contribution in [0.15, 0.2) is 60.8 Å². The number of alkyl halides is 3. The normalized spacial score (nSPS) is 11.3. The van der Waals surface area contributed by atoms with Crippen LogP contribution >= 0.6 is 11.6 Å². The number of para-hydroxylation sites is 1. The average Bonchev–Trinajstić information content (AvgIpc) is 2.63. The smallest absolute Gasteiger partial charge is 0.340 e. The van der Waals surface area contributed by atoms with Gasteiger partial charge in [0.05, 0.1) is 11.3 Å². The van der Waals surface area contributed by atoms with Crippen molar-refractivity contribution in [1.82, 2.24) is 9.97 Å². The van der Waals surface area contributed by atoms with Gasteiger partial charge in [-0.15, -0.1) is 0 Å². The number of hydrogen-bond donors (Lipinski definition) is 1. The molecule has 3 rings (SSSR count). The summed E-state index contributed by atoms with van der Waals surface area (Å²) in [6, 6.07) is 14.4. The van der Waals surface area contributed by atoms with Crippen LogP contribution < -0.4 is 10.2 Å². The maximum absolute atomic E-state index is 13.2. The van der Waals surface area contributed by atoms with Crippen LogP contribution in [0.5, 0.6) is 0 Å². The van der Waals surface area contributed by atoms with E-state index in [0.717, 1.165) is 11.8 Å². The molecule has 0 atom stereocenters. The number of nitrogens with zero attached hydrogens (tertiary/aromatic N) is 3. The minimum atomic E-state index is -4.54.